The van der Waals surface area contributed by atoms with E-state index in [1.54, 1.807) is 40.0 Å². The first-order valence-corrected chi connectivity index (χ1v) is 13.1. The van der Waals surface area contributed by atoms with Crippen molar-refractivity contribution in [2.45, 2.75) is 52.5 Å². The Hall–Kier alpha value is -4.40. The van der Waals surface area contributed by atoms with Gasteiger partial charge in [0.1, 0.15) is 24.5 Å². The molecular weight excluding hydrogens is 511 g/mol. The van der Waals surface area contributed by atoms with Gasteiger partial charge in [0.15, 0.2) is 0 Å². The number of nitrogens with one attached hydrogen (secondary N) is 2. The number of amides is 3. The Morgan fingerprint density at radius 3 is 2.62 bits per heavy atom. The average Bonchev–Trinajstić information content (AvgIpc) is 3.41. The molecule has 2 aliphatic rings. The van der Waals surface area contributed by atoms with Crippen LogP contribution in [0, 0.1) is 18.2 Å². The van der Waals surface area contributed by atoms with Crippen molar-refractivity contribution in [3.05, 3.63) is 87.9 Å². The van der Waals surface area contributed by atoms with E-state index in [9.17, 15) is 23.6 Å². The Bertz CT molecular complexity index is 1560. The summed E-state index contributed by atoms with van der Waals surface area (Å²) in [4.78, 5) is 56.7. The second-order valence-corrected chi connectivity index (χ2v) is 11.7. The van der Waals surface area contributed by atoms with Crippen molar-refractivity contribution in [2.24, 2.45) is 5.41 Å². The van der Waals surface area contributed by atoms with Crippen LogP contribution in [0.25, 0.3) is 0 Å². The lowest BCUT2D eigenvalue weighted by molar-refractivity contribution is -0.142. The third-order valence-electron chi connectivity index (χ3n) is 7.64. The number of carbonyl (C=O) groups is 4. The first kappa shape index (κ1) is 27.2. The number of aromatic nitrogens is 1. The minimum Gasteiger partial charge on any atom is -0.329 e. The second-order valence-electron chi connectivity index (χ2n) is 11.7. The quantitative estimate of drug-likeness (QED) is 0.451. The molecule has 5 rings (SSSR count). The van der Waals surface area contributed by atoms with Crippen molar-refractivity contribution in [3.8, 4) is 0 Å². The summed E-state index contributed by atoms with van der Waals surface area (Å²) in [5.74, 6) is -0.724. The van der Waals surface area contributed by atoms with Gasteiger partial charge in [0.05, 0.1) is 5.41 Å². The van der Waals surface area contributed by atoms with Gasteiger partial charge in [0.2, 0.25) is 17.7 Å². The minimum absolute atomic E-state index is 0.0819. The summed E-state index contributed by atoms with van der Waals surface area (Å²) in [5, 5.41) is 5.75. The van der Waals surface area contributed by atoms with Crippen molar-refractivity contribution < 1.29 is 23.6 Å². The Morgan fingerprint density at radius 2 is 1.90 bits per heavy atom. The predicted octanol–water partition coefficient (Wildman–Crippen LogP) is 4.34. The molecule has 0 radical (unpaired) electrons. The Kier molecular flexibility index (Phi) is 6.77. The third-order valence-corrected chi connectivity index (χ3v) is 7.64. The normalized spacial score (nSPS) is 17.3. The fraction of sp³-hybridized carbons (Fsp3) is 0.323. The van der Waals surface area contributed by atoms with Crippen molar-refractivity contribution in [1.29, 1.82) is 0 Å². The number of fused-ring (bicyclic) bond motifs is 3. The zero-order valence-electron chi connectivity index (χ0n) is 22.9. The molecule has 2 aromatic carbocycles. The van der Waals surface area contributed by atoms with Gasteiger partial charge in [-0.1, -0.05) is 32.9 Å². The molecular formula is C31H31FN4O4. The molecule has 8 nitrogen and oxygen atoms in total. The molecule has 3 aromatic rings. The van der Waals surface area contributed by atoms with Gasteiger partial charge >= 0.3 is 0 Å². The number of pyridine rings is 1. The molecule has 1 atom stereocenters. The molecule has 9 heteroatoms. The highest BCUT2D eigenvalue weighted by Gasteiger charge is 2.51. The highest BCUT2D eigenvalue weighted by atomic mass is 19.1. The molecule has 206 valence electrons. The maximum Gasteiger partial charge on any atom is 0.244 e. The first-order chi connectivity index (χ1) is 18.9. The number of aldehydes is 1. The van der Waals surface area contributed by atoms with Crippen molar-refractivity contribution in [3.63, 3.8) is 0 Å². The lowest BCUT2D eigenvalue weighted by Gasteiger charge is -2.29. The van der Waals surface area contributed by atoms with Crippen molar-refractivity contribution in [1.82, 2.24) is 9.88 Å². The van der Waals surface area contributed by atoms with Crippen molar-refractivity contribution >= 4 is 35.5 Å². The van der Waals surface area contributed by atoms with Crippen LogP contribution in [0.1, 0.15) is 58.9 Å². The lowest BCUT2D eigenvalue weighted by Crippen LogP contribution is -2.43. The number of nitrogens with zero attached hydrogens (tertiary/aromatic N) is 2. The van der Waals surface area contributed by atoms with Crippen LogP contribution in [0.5, 0.6) is 0 Å². The maximum atomic E-state index is 14.3. The summed E-state index contributed by atoms with van der Waals surface area (Å²) in [6, 6.07) is 12.0. The molecule has 0 fully saturated rings. The van der Waals surface area contributed by atoms with Crippen molar-refractivity contribution in [2.75, 3.05) is 17.2 Å². The molecule has 1 aliphatic heterocycles. The van der Waals surface area contributed by atoms with E-state index in [-0.39, 0.29) is 30.5 Å². The molecule has 3 amide bonds. The highest BCUT2D eigenvalue weighted by molar-refractivity contribution is 6.06. The van der Waals surface area contributed by atoms with Crippen LogP contribution in [0.15, 0.2) is 48.7 Å². The van der Waals surface area contributed by atoms with Crippen LogP contribution in [0.4, 0.5) is 15.9 Å². The van der Waals surface area contributed by atoms with Gasteiger partial charge in [0.25, 0.3) is 0 Å². The molecule has 0 bridgehead atoms. The second kappa shape index (κ2) is 9.97. The molecule has 2 heterocycles. The van der Waals surface area contributed by atoms with Crippen LogP contribution in [0.2, 0.25) is 0 Å². The van der Waals surface area contributed by atoms with Gasteiger partial charge in [-0.2, -0.15) is 0 Å². The number of benzene rings is 2. The van der Waals surface area contributed by atoms with Gasteiger partial charge in [0, 0.05) is 35.0 Å². The number of anilines is 2. The van der Waals surface area contributed by atoms with E-state index in [1.165, 1.54) is 17.0 Å². The third kappa shape index (κ3) is 4.87. The maximum absolute atomic E-state index is 14.3. The largest absolute Gasteiger partial charge is 0.329 e. The summed E-state index contributed by atoms with van der Waals surface area (Å²) < 4.78 is 14.3. The molecule has 0 saturated carbocycles. The molecule has 1 spiro atoms. The highest BCUT2D eigenvalue weighted by Crippen LogP contribution is 2.46. The van der Waals surface area contributed by atoms with Gasteiger partial charge in [-0.15, -0.1) is 0 Å². The van der Waals surface area contributed by atoms with Gasteiger partial charge in [-0.25, -0.2) is 9.37 Å². The fourth-order valence-electron chi connectivity index (χ4n) is 5.59. The average molecular weight is 543 g/mol. The molecule has 1 aliphatic carbocycles. The van der Waals surface area contributed by atoms with E-state index in [1.807, 2.05) is 24.3 Å². The fourth-order valence-corrected chi connectivity index (χ4v) is 5.59. The number of carbonyl (C=O) groups excluding carboxylic acids is 4. The smallest absolute Gasteiger partial charge is 0.244 e. The summed E-state index contributed by atoms with van der Waals surface area (Å²) in [6.07, 6.45) is 3.30. The Labute approximate surface area is 232 Å². The SMILES string of the molecule is Cc1cc(C=O)c(CN(CC(=O)Nc2ccc3c(c2)CC2(C3)C(=O)Nc3ncccc32)C(=O)C(C)(C)C)cc1F. The summed E-state index contributed by atoms with van der Waals surface area (Å²) in [6.45, 7) is 6.39. The molecule has 1 unspecified atom stereocenters. The Balaban J connectivity index is 1.35. The number of hydrogen-bond acceptors (Lipinski definition) is 5. The molecule has 0 saturated heterocycles. The number of halogens is 1. The lowest BCUT2D eigenvalue weighted by atomic mass is 9.79. The zero-order chi connectivity index (χ0) is 28.8. The summed E-state index contributed by atoms with van der Waals surface area (Å²) in [7, 11) is 0. The molecule has 2 N–H and O–H groups in total. The van der Waals surface area contributed by atoms with E-state index < -0.39 is 22.6 Å². The van der Waals surface area contributed by atoms with E-state index in [4.69, 9.17) is 0 Å². The molecule has 40 heavy (non-hydrogen) atoms. The van der Waals surface area contributed by atoms with E-state index in [0.29, 0.717) is 41.8 Å². The number of aryl methyl sites for hydroxylation is 1. The van der Waals surface area contributed by atoms with Crippen LogP contribution >= 0.6 is 0 Å². The van der Waals surface area contributed by atoms with E-state index in [0.717, 1.165) is 16.7 Å². The van der Waals surface area contributed by atoms with Gasteiger partial charge in [-0.3, -0.25) is 19.2 Å². The standard InChI is InChI=1S/C31H31FN4O4/c1-18-10-22(17-37)21(12-25(18)32)15-36(29(40)30(2,3)4)16-26(38)34-23-8-7-19-13-31(14-20(19)11-23)24-6-5-9-33-27(24)35-28(31)39/h5-12,17H,13-16H2,1-4H3,(H,34,38)(H,33,35,39). The van der Waals surface area contributed by atoms with Gasteiger partial charge < -0.3 is 15.5 Å². The number of rotatable bonds is 6. The first-order valence-electron chi connectivity index (χ1n) is 13.1. The minimum atomic E-state index is -0.806. The van der Waals surface area contributed by atoms with Crippen LogP contribution in [-0.4, -0.2) is 40.4 Å². The number of hydrogen-bond donors (Lipinski definition) is 2. The van der Waals surface area contributed by atoms with Crippen LogP contribution < -0.4 is 10.6 Å². The van der Waals surface area contributed by atoms with Crippen LogP contribution in [0.3, 0.4) is 0 Å². The zero-order valence-corrected chi connectivity index (χ0v) is 22.9. The monoisotopic (exact) mass is 542 g/mol. The van der Waals surface area contributed by atoms with Gasteiger partial charge in [-0.05, 0) is 72.4 Å². The molecule has 1 aromatic heterocycles. The van der Waals surface area contributed by atoms with E-state index >= 15 is 0 Å². The summed E-state index contributed by atoms with van der Waals surface area (Å²) >= 11 is 0. The predicted molar refractivity (Wildman–Crippen MR) is 148 cm³/mol. The van der Waals surface area contributed by atoms with E-state index in [2.05, 4.69) is 15.6 Å². The van der Waals surface area contributed by atoms with Crippen LogP contribution in [-0.2, 0) is 39.2 Å². The summed E-state index contributed by atoms with van der Waals surface area (Å²) in [5.41, 5.74) is 2.80. The topological polar surface area (TPSA) is 108 Å². The Morgan fingerprint density at radius 1 is 1.15 bits per heavy atom.